The molecule has 23 heavy (non-hydrogen) atoms. The lowest BCUT2D eigenvalue weighted by molar-refractivity contribution is -0.143. The second-order valence-corrected chi connectivity index (χ2v) is 8.54. The normalized spacial score (nSPS) is 19.5. The molecule has 5 nitrogen and oxygen atoms in total. The predicted molar refractivity (Wildman–Crippen MR) is 87.3 cm³/mol. The van der Waals surface area contributed by atoms with Gasteiger partial charge in [0.1, 0.15) is 0 Å². The van der Waals surface area contributed by atoms with Gasteiger partial charge in [-0.3, -0.25) is 9.59 Å². The second-order valence-electron chi connectivity index (χ2n) is 6.31. The van der Waals surface area contributed by atoms with E-state index in [0.29, 0.717) is 12.0 Å². The van der Waals surface area contributed by atoms with Crippen LogP contribution < -0.4 is 0 Å². The minimum atomic E-state index is -3.00. The van der Waals surface area contributed by atoms with Gasteiger partial charge < -0.3 is 4.74 Å². The average Bonchev–Trinajstić information content (AvgIpc) is 2.79. The molecule has 0 radical (unpaired) electrons. The molecule has 2 rings (SSSR count). The van der Waals surface area contributed by atoms with E-state index in [1.165, 1.54) is 0 Å². The number of sulfone groups is 1. The summed E-state index contributed by atoms with van der Waals surface area (Å²) in [6.07, 6.45) is 0.542. The van der Waals surface area contributed by atoms with Gasteiger partial charge in [0.05, 0.1) is 11.5 Å². The van der Waals surface area contributed by atoms with Crippen LogP contribution in [0, 0.1) is 26.7 Å². The first-order valence-electron chi connectivity index (χ1n) is 7.65. The Labute approximate surface area is 137 Å². The van der Waals surface area contributed by atoms with Gasteiger partial charge in [0.25, 0.3) is 0 Å². The Bertz CT molecular complexity index is 734. The van der Waals surface area contributed by atoms with Crippen molar-refractivity contribution >= 4 is 21.6 Å². The molecule has 0 spiro atoms. The van der Waals surface area contributed by atoms with E-state index in [0.717, 1.165) is 16.7 Å². The van der Waals surface area contributed by atoms with Crippen LogP contribution in [0.15, 0.2) is 12.1 Å². The first-order chi connectivity index (χ1) is 10.7. The maximum atomic E-state index is 12.2. The summed E-state index contributed by atoms with van der Waals surface area (Å²) in [5, 5.41) is 0. The van der Waals surface area contributed by atoms with Gasteiger partial charge in [-0.25, -0.2) is 8.42 Å². The topological polar surface area (TPSA) is 77.5 Å². The van der Waals surface area contributed by atoms with Crippen molar-refractivity contribution in [2.45, 2.75) is 33.6 Å². The van der Waals surface area contributed by atoms with Crippen LogP contribution in [0.2, 0.25) is 0 Å². The largest absolute Gasteiger partial charge is 0.457 e. The zero-order valence-corrected chi connectivity index (χ0v) is 14.5. The lowest BCUT2D eigenvalue weighted by Crippen LogP contribution is -2.18. The molecule has 126 valence electrons. The van der Waals surface area contributed by atoms with Crippen molar-refractivity contribution in [2.75, 3.05) is 18.1 Å². The standard InChI is InChI=1S/C17H22O5S/c1-11-6-13(3)15(7-12(11)2)16(18)9-22-17(19)8-14-4-5-23(20,21)10-14/h6-7,14H,4-5,8-10H2,1-3H3/t14-/m0/s1. The van der Waals surface area contributed by atoms with E-state index in [9.17, 15) is 18.0 Å². The fraction of sp³-hybridized carbons (Fsp3) is 0.529. The minimum absolute atomic E-state index is 0.0340. The Morgan fingerprint density at radius 1 is 1.13 bits per heavy atom. The molecule has 0 aromatic heterocycles. The molecule has 1 aliphatic rings. The average molecular weight is 338 g/mol. The van der Waals surface area contributed by atoms with Gasteiger partial charge in [-0.1, -0.05) is 6.07 Å². The highest BCUT2D eigenvalue weighted by atomic mass is 32.2. The quantitative estimate of drug-likeness (QED) is 0.607. The number of hydrogen-bond donors (Lipinski definition) is 0. The van der Waals surface area contributed by atoms with Crippen LogP contribution in [0.5, 0.6) is 0 Å². The lowest BCUT2D eigenvalue weighted by Gasteiger charge is -2.10. The highest BCUT2D eigenvalue weighted by Crippen LogP contribution is 2.22. The van der Waals surface area contributed by atoms with Crippen molar-refractivity contribution in [3.05, 3.63) is 34.4 Å². The molecule has 0 bridgehead atoms. The molecule has 1 heterocycles. The van der Waals surface area contributed by atoms with Crippen molar-refractivity contribution in [1.82, 2.24) is 0 Å². The van der Waals surface area contributed by atoms with Crippen molar-refractivity contribution in [1.29, 1.82) is 0 Å². The Morgan fingerprint density at radius 2 is 1.78 bits per heavy atom. The smallest absolute Gasteiger partial charge is 0.306 e. The van der Waals surface area contributed by atoms with Crippen LogP contribution in [0.25, 0.3) is 0 Å². The second kappa shape index (κ2) is 6.83. The fourth-order valence-corrected chi connectivity index (χ4v) is 4.67. The number of hydrogen-bond acceptors (Lipinski definition) is 5. The summed E-state index contributed by atoms with van der Waals surface area (Å²) in [5.41, 5.74) is 3.54. The van der Waals surface area contributed by atoms with Crippen LogP contribution in [0.3, 0.4) is 0 Å². The number of ketones is 1. The van der Waals surface area contributed by atoms with Crippen molar-refractivity contribution < 1.29 is 22.7 Å². The van der Waals surface area contributed by atoms with E-state index in [-0.39, 0.29) is 36.2 Å². The summed E-state index contributed by atoms with van der Waals surface area (Å²) in [6, 6.07) is 3.75. The molecular formula is C17H22O5S. The molecule has 1 saturated heterocycles. The van der Waals surface area contributed by atoms with E-state index in [1.807, 2.05) is 32.9 Å². The first-order valence-corrected chi connectivity index (χ1v) is 9.47. The van der Waals surface area contributed by atoms with Crippen LogP contribution in [0.1, 0.15) is 39.9 Å². The molecule has 1 aromatic rings. The van der Waals surface area contributed by atoms with Gasteiger partial charge in [0.15, 0.2) is 16.4 Å². The van der Waals surface area contributed by atoms with E-state index in [2.05, 4.69) is 0 Å². The van der Waals surface area contributed by atoms with Gasteiger partial charge in [-0.15, -0.1) is 0 Å². The molecule has 1 aliphatic heterocycles. The molecule has 0 unspecified atom stereocenters. The number of Topliss-reactive ketones (excluding diaryl/α,β-unsaturated/α-hetero) is 1. The summed E-state index contributed by atoms with van der Waals surface area (Å²) in [7, 11) is -3.00. The van der Waals surface area contributed by atoms with Crippen LogP contribution in [-0.2, 0) is 19.4 Å². The van der Waals surface area contributed by atoms with Crippen LogP contribution in [-0.4, -0.2) is 38.3 Å². The molecule has 0 amide bonds. The number of benzene rings is 1. The zero-order chi connectivity index (χ0) is 17.2. The third kappa shape index (κ3) is 4.64. The summed E-state index contributed by atoms with van der Waals surface area (Å²) in [6.45, 7) is 5.46. The van der Waals surface area contributed by atoms with Crippen molar-refractivity contribution in [2.24, 2.45) is 5.92 Å². The highest BCUT2D eigenvalue weighted by Gasteiger charge is 2.30. The third-order valence-corrected chi connectivity index (χ3v) is 6.12. The fourth-order valence-electron chi connectivity index (χ4n) is 2.81. The summed E-state index contributed by atoms with van der Waals surface area (Å²) < 4.78 is 27.8. The third-order valence-electron chi connectivity index (χ3n) is 4.29. The molecule has 1 aromatic carbocycles. The molecule has 1 atom stereocenters. The van der Waals surface area contributed by atoms with Crippen LogP contribution >= 0.6 is 0 Å². The van der Waals surface area contributed by atoms with Crippen molar-refractivity contribution in [3.8, 4) is 0 Å². The Kier molecular flexibility index (Phi) is 5.24. The van der Waals surface area contributed by atoms with E-state index in [1.54, 1.807) is 0 Å². The Morgan fingerprint density at radius 3 is 2.39 bits per heavy atom. The highest BCUT2D eigenvalue weighted by molar-refractivity contribution is 7.91. The van der Waals surface area contributed by atoms with Gasteiger partial charge in [-0.2, -0.15) is 0 Å². The molecule has 6 heteroatoms. The predicted octanol–water partition coefficient (Wildman–Crippen LogP) is 2.16. The molecule has 0 saturated carbocycles. The van der Waals surface area contributed by atoms with E-state index >= 15 is 0 Å². The molecule has 0 N–H and O–H groups in total. The summed E-state index contributed by atoms with van der Waals surface area (Å²) in [5.74, 6) is -0.774. The lowest BCUT2D eigenvalue weighted by atomic mass is 9.98. The maximum absolute atomic E-state index is 12.2. The molecular weight excluding hydrogens is 316 g/mol. The Balaban J connectivity index is 1.89. The molecule has 0 aliphatic carbocycles. The van der Waals surface area contributed by atoms with Gasteiger partial charge in [0, 0.05) is 12.0 Å². The number of aryl methyl sites for hydroxylation is 3. The van der Waals surface area contributed by atoms with Gasteiger partial charge in [-0.05, 0) is 55.9 Å². The summed E-state index contributed by atoms with van der Waals surface area (Å²) >= 11 is 0. The van der Waals surface area contributed by atoms with Crippen molar-refractivity contribution in [3.63, 3.8) is 0 Å². The number of carbonyl (C=O) groups is 2. The molecule has 1 fully saturated rings. The van der Waals surface area contributed by atoms with E-state index < -0.39 is 15.8 Å². The van der Waals surface area contributed by atoms with Gasteiger partial charge in [0.2, 0.25) is 5.78 Å². The number of ether oxygens (including phenoxy) is 1. The van der Waals surface area contributed by atoms with Gasteiger partial charge >= 0.3 is 5.97 Å². The number of carbonyl (C=O) groups excluding carboxylic acids is 2. The number of rotatable bonds is 5. The van der Waals surface area contributed by atoms with E-state index in [4.69, 9.17) is 4.74 Å². The zero-order valence-electron chi connectivity index (χ0n) is 13.7. The van der Waals surface area contributed by atoms with Crippen LogP contribution in [0.4, 0.5) is 0 Å². The monoisotopic (exact) mass is 338 g/mol. The number of esters is 1. The minimum Gasteiger partial charge on any atom is -0.457 e. The summed E-state index contributed by atoms with van der Waals surface area (Å²) in [4.78, 5) is 24.0. The first kappa shape index (κ1) is 17.7. The SMILES string of the molecule is Cc1cc(C)c(C(=O)COC(=O)C[C@@H]2CCS(=O)(=O)C2)cc1C. The Hall–Kier alpha value is -1.69. The maximum Gasteiger partial charge on any atom is 0.306 e.